The van der Waals surface area contributed by atoms with Crippen molar-refractivity contribution < 1.29 is 14.6 Å². The summed E-state index contributed by atoms with van der Waals surface area (Å²) in [5.74, 6) is -0.975. The summed E-state index contributed by atoms with van der Waals surface area (Å²) in [6.07, 6.45) is 2.64. The molecule has 5 nitrogen and oxygen atoms in total. The molecule has 0 saturated carbocycles. The Morgan fingerprint density at radius 1 is 1.27 bits per heavy atom. The van der Waals surface area contributed by atoms with Crippen LogP contribution in [0, 0.1) is 11.3 Å². The Hall–Kier alpha value is -2.87. The first-order valence-corrected chi connectivity index (χ1v) is 7.06. The lowest BCUT2D eigenvalue weighted by molar-refractivity contribution is -0.139. The number of fused-ring (bicyclic) bond motifs is 1. The van der Waals surface area contributed by atoms with E-state index in [9.17, 15) is 10.1 Å². The van der Waals surface area contributed by atoms with Gasteiger partial charge in [-0.2, -0.15) is 5.26 Å². The van der Waals surface area contributed by atoms with Crippen molar-refractivity contribution in [3.63, 3.8) is 0 Å². The van der Waals surface area contributed by atoms with Crippen molar-refractivity contribution in [2.24, 2.45) is 0 Å². The summed E-state index contributed by atoms with van der Waals surface area (Å²) in [4.78, 5) is 15.2. The van der Waals surface area contributed by atoms with Crippen LogP contribution in [-0.4, -0.2) is 22.7 Å². The van der Waals surface area contributed by atoms with Crippen LogP contribution < -0.4 is 4.74 Å². The maximum Gasteiger partial charge on any atom is 0.341 e. The third kappa shape index (κ3) is 2.51. The number of carboxylic acids is 1. The van der Waals surface area contributed by atoms with Crippen molar-refractivity contribution in [1.82, 2.24) is 4.98 Å². The van der Waals surface area contributed by atoms with Crippen LogP contribution in [0.4, 0.5) is 0 Å². The van der Waals surface area contributed by atoms with Gasteiger partial charge in [-0.15, -0.1) is 0 Å². The number of aliphatic carboxylic acids is 1. The number of carboxylic acid groups (broad SMARTS) is 1. The average Bonchev–Trinajstić information content (AvgIpc) is 3.01. The highest BCUT2D eigenvalue weighted by molar-refractivity contribution is 5.71. The van der Waals surface area contributed by atoms with Gasteiger partial charge in [-0.3, -0.25) is 0 Å². The Morgan fingerprint density at radius 3 is 2.68 bits per heavy atom. The molecule has 1 N–H and O–H groups in total. The predicted molar refractivity (Wildman–Crippen MR) is 79.5 cm³/mol. The fourth-order valence-corrected chi connectivity index (χ4v) is 2.82. The molecular formula is C17H14N2O3. The molecular weight excluding hydrogens is 280 g/mol. The van der Waals surface area contributed by atoms with Crippen molar-refractivity contribution in [2.45, 2.75) is 19.3 Å². The third-order valence-corrected chi connectivity index (χ3v) is 3.72. The molecule has 0 radical (unpaired) electrons. The molecule has 0 bridgehead atoms. The molecule has 0 amide bonds. The molecule has 1 heterocycles. The fourth-order valence-electron chi connectivity index (χ4n) is 2.82. The second kappa shape index (κ2) is 5.86. The molecule has 0 atom stereocenters. The van der Waals surface area contributed by atoms with E-state index in [0.29, 0.717) is 5.56 Å². The van der Waals surface area contributed by atoms with Crippen LogP contribution in [-0.2, 0) is 17.6 Å². The van der Waals surface area contributed by atoms with Gasteiger partial charge in [0.1, 0.15) is 11.6 Å². The molecule has 1 aromatic heterocycles. The Bertz CT molecular complexity index is 764. The molecule has 0 unspecified atom stereocenters. The standard InChI is InChI=1S/C17H14N2O3/c18-9-14-12-7-4-8-13(12)16(11-5-2-1-3-6-11)19-17(14)22-10-15(20)21/h1-3,5-6H,4,7-8,10H2,(H,20,21). The number of hydrogen-bond donors (Lipinski definition) is 1. The van der Waals surface area contributed by atoms with Crippen LogP contribution in [0.1, 0.15) is 23.1 Å². The SMILES string of the molecule is N#Cc1c(OCC(=O)O)nc(-c2ccccc2)c2c1CCC2. The van der Waals surface area contributed by atoms with E-state index in [-0.39, 0.29) is 5.88 Å². The zero-order valence-corrected chi connectivity index (χ0v) is 11.9. The van der Waals surface area contributed by atoms with Gasteiger partial charge < -0.3 is 9.84 Å². The van der Waals surface area contributed by atoms with E-state index < -0.39 is 12.6 Å². The lowest BCUT2D eigenvalue weighted by atomic mass is 9.99. The Kier molecular flexibility index (Phi) is 3.75. The number of aromatic nitrogens is 1. The minimum atomic E-state index is -1.09. The first-order valence-electron chi connectivity index (χ1n) is 7.06. The summed E-state index contributed by atoms with van der Waals surface area (Å²) in [6.45, 7) is -0.505. The largest absolute Gasteiger partial charge is 0.479 e. The second-order valence-corrected chi connectivity index (χ2v) is 5.11. The van der Waals surface area contributed by atoms with Crippen LogP contribution in [0.2, 0.25) is 0 Å². The van der Waals surface area contributed by atoms with Gasteiger partial charge in [0.25, 0.3) is 0 Å². The van der Waals surface area contributed by atoms with E-state index in [1.54, 1.807) is 0 Å². The molecule has 0 fully saturated rings. The highest BCUT2D eigenvalue weighted by atomic mass is 16.5. The summed E-state index contributed by atoms with van der Waals surface area (Å²) >= 11 is 0. The summed E-state index contributed by atoms with van der Waals surface area (Å²) in [5, 5.41) is 18.2. The summed E-state index contributed by atoms with van der Waals surface area (Å²) in [6, 6.07) is 11.8. The molecule has 0 saturated heterocycles. The predicted octanol–water partition coefficient (Wildman–Crippen LogP) is 2.57. The van der Waals surface area contributed by atoms with Crippen LogP contribution >= 0.6 is 0 Å². The fraction of sp³-hybridized carbons (Fsp3) is 0.235. The van der Waals surface area contributed by atoms with Gasteiger partial charge in [-0.1, -0.05) is 30.3 Å². The zero-order chi connectivity index (χ0) is 15.5. The number of ether oxygens (including phenoxy) is 1. The molecule has 3 rings (SSSR count). The quantitative estimate of drug-likeness (QED) is 0.937. The maximum absolute atomic E-state index is 10.7. The van der Waals surface area contributed by atoms with E-state index >= 15 is 0 Å². The topological polar surface area (TPSA) is 83.2 Å². The number of pyridine rings is 1. The maximum atomic E-state index is 10.7. The molecule has 22 heavy (non-hydrogen) atoms. The van der Waals surface area contributed by atoms with Crippen molar-refractivity contribution in [2.75, 3.05) is 6.61 Å². The van der Waals surface area contributed by atoms with Crippen molar-refractivity contribution >= 4 is 5.97 Å². The monoisotopic (exact) mass is 294 g/mol. The van der Waals surface area contributed by atoms with Gasteiger partial charge >= 0.3 is 5.97 Å². The molecule has 0 spiro atoms. The Morgan fingerprint density at radius 2 is 2.00 bits per heavy atom. The van der Waals surface area contributed by atoms with Crippen LogP contribution in [0.3, 0.4) is 0 Å². The van der Waals surface area contributed by atoms with E-state index in [0.717, 1.165) is 41.6 Å². The minimum Gasteiger partial charge on any atom is -0.479 e. The highest BCUT2D eigenvalue weighted by Gasteiger charge is 2.25. The first-order chi connectivity index (χ1) is 10.7. The van der Waals surface area contributed by atoms with E-state index in [1.165, 1.54) is 0 Å². The lowest BCUT2D eigenvalue weighted by Crippen LogP contribution is -2.12. The van der Waals surface area contributed by atoms with Crippen molar-refractivity contribution in [3.05, 3.63) is 47.0 Å². The van der Waals surface area contributed by atoms with Gasteiger partial charge in [0.15, 0.2) is 6.61 Å². The minimum absolute atomic E-state index is 0.115. The van der Waals surface area contributed by atoms with Crippen molar-refractivity contribution in [3.8, 4) is 23.2 Å². The van der Waals surface area contributed by atoms with Gasteiger partial charge in [0.2, 0.25) is 5.88 Å². The second-order valence-electron chi connectivity index (χ2n) is 5.11. The van der Waals surface area contributed by atoms with E-state index in [4.69, 9.17) is 9.84 Å². The summed E-state index contributed by atoms with van der Waals surface area (Å²) in [7, 11) is 0. The van der Waals surface area contributed by atoms with Gasteiger partial charge in [0.05, 0.1) is 5.69 Å². The van der Waals surface area contributed by atoms with Gasteiger partial charge in [0, 0.05) is 5.56 Å². The number of nitrogens with zero attached hydrogens (tertiary/aromatic N) is 2. The smallest absolute Gasteiger partial charge is 0.341 e. The molecule has 0 aliphatic heterocycles. The lowest BCUT2D eigenvalue weighted by Gasteiger charge is -2.13. The molecule has 1 aliphatic carbocycles. The number of carbonyl (C=O) groups is 1. The third-order valence-electron chi connectivity index (χ3n) is 3.72. The molecule has 1 aromatic carbocycles. The van der Waals surface area contributed by atoms with E-state index in [1.807, 2.05) is 30.3 Å². The summed E-state index contributed by atoms with van der Waals surface area (Å²) < 4.78 is 5.24. The number of nitriles is 1. The van der Waals surface area contributed by atoms with Gasteiger partial charge in [-0.05, 0) is 30.4 Å². The Labute approximate surface area is 127 Å². The van der Waals surface area contributed by atoms with Crippen LogP contribution in [0.5, 0.6) is 5.88 Å². The Balaban J connectivity index is 2.15. The van der Waals surface area contributed by atoms with Crippen LogP contribution in [0.25, 0.3) is 11.3 Å². The van der Waals surface area contributed by atoms with Gasteiger partial charge in [-0.25, -0.2) is 9.78 Å². The highest BCUT2D eigenvalue weighted by Crippen LogP contribution is 2.36. The molecule has 110 valence electrons. The molecule has 1 aliphatic rings. The molecule has 2 aromatic rings. The zero-order valence-electron chi connectivity index (χ0n) is 11.9. The van der Waals surface area contributed by atoms with Crippen LogP contribution in [0.15, 0.2) is 30.3 Å². The van der Waals surface area contributed by atoms with Crippen molar-refractivity contribution in [1.29, 1.82) is 5.26 Å². The number of rotatable bonds is 4. The number of benzene rings is 1. The summed E-state index contributed by atoms with van der Waals surface area (Å²) in [5.41, 5.74) is 4.12. The molecule has 5 heteroatoms. The normalized spacial score (nSPS) is 12.5. The first kappa shape index (κ1) is 14.1. The number of hydrogen-bond acceptors (Lipinski definition) is 4. The average molecular weight is 294 g/mol. The van der Waals surface area contributed by atoms with E-state index in [2.05, 4.69) is 11.1 Å².